The molecule has 4 rings (SSSR count). The van der Waals surface area contributed by atoms with E-state index in [0.29, 0.717) is 32.0 Å². The van der Waals surface area contributed by atoms with Crippen LogP contribution in [0.1, 0.15) is 33.0 Å². The maximum atomic E-state index is 13.2. The highest BCUT2D eigenvalue weighted by Gasteiger charge is 2.24. The van der Waals surface area contributed by atoms with Crippen LogP contribution in [-0.2, 0) is 4.79 Å². The quantitative estimate of drug-likeness (QED) is 0.284. The SMILES string of the molecule is Cc1c(C(=O)Nc2cnc(C(=O)NCCC(N)=O)cn2)nn(-c2ccc(Cl)cc2Cl)c1-c1ccc(Cl)cc1. The van der Waals surface area contributed by atoms with Gasteiger partial charge in [-0.25, -0.2) is 14.6 Å². The molecule has 2 aromatic carbocycles. The molecule has 10 nitrogen and oxygen atoms in total. The molecule has 13 heteroatoms. The van der Waals surface area contributed by atoms with E-state index in [2.05, 4.69) is 25.7 Å². The van der Waals surface area contributed by atoms with Crippen molar-refractivity contribution in [1.29, 1.82) is 0 Å². The van der Waals surface area contributed by atoms with Gasteiger partial charge in [-0.2, -0.15) is 5.10 Å². The van der Waals surface area contributed by atoms with Crippen LogP contribution in [0.3, 0.4) is 0 Å². The van der Waals surface area contributed by atoms with Crippen molar-refractivity contribution in [3.63, 3.8) is 0 Å². The Hall–Kier alpha value is -3.99. The van der Waals surface area contributed by atoms with Crippen LogP contribution in [0.4, 0.5) is 5.82 Å². The first-order chi connectivity index (χ1) is 18.1. The molecule has 0 radical (unpaired) electrons. The third-order valence-electron chi connectivity index (χ3n) is 5.38. The number of halogens is 3. The van der Waals surface area contributed by atoms with E-state index in [1.165, 1.54) is 12.4 Å². The summed E-state index contributed by atoms with van der Waals surface area (Å²) in [6.45, 7) is 1.83. The van der Waals surface area contributed by atoms with Crippen molar-refractivity contribution >= 4 is 58.3 Å². The van der Waals surface area contributed by atoms with E-state index < -0.39 is 17.7 Å². The average Bonchev–Trinajstić information content (AvgIpc) is 3.21. The van der Waals surface area contributed by atoms with Gasteiger partial charge in [-0.15, -0.1) is 0 Å². The van der Waals surface area contributed by atoms with Gasteiger partial charge >= 0.3 is 0 Å². The molecule has 0 saturated heterocycles. The van der Waals surface area contributed by atoms with Gasteiger partial charge in [0.25, 0.3) is 11.8 Å². The van der Waals surface area contributed by atoms with E-state index in [-0.39, 0.29) is 30.2 Å². The number of primary amides is 1. The number of nitrogens with two attached hydrogens (primary N) is 1. The number of carbonyl (C=O) groups excluding carboxylic acids is 3. The molecule has 0 unspecified atom stereocenters. The van der Waals surface area contributed by atoms with Gasteiger partial charge in [-0.1, -0.05) is 46.9 Å². The molecule has 0 aliphatic rings. The highest BCUT2D eigenvalue weighted by atomic mass is 35.5. The Morgan fingerprint density at radius 2 is 1.66 bits per heavy atom. The lowest BCUT2D eigenvalue weighted by molar-refractivity contribution is -0.117. The number of benzene rings is 2. The third kappa shape index (κ3) is 6.10. The fourth-order valence-corrected chi connectivity index (χ4v) is 4.18. The molecule has 2 heterocycles. The summed E-state index contributed by atoms with van der Waals surface area (Å²) in [4.78, 5) is 44.3. The van der Waals surface area contributed by atoms with Crippen molar-refractivity contribution in [1.82, 2.24) is 25.1 Å². The first-order valence-electron chi connectivity index (χ1n) is 11.1. The smallest absolute Gasteiger partial charge is 0.277 e. The van der Waals surface area contributed by atoms with Crippen LogP contribution in [0.25, 0.3) is 16.9 Å². The molecule has 4 aromatic rings. The summed E-state index contributed by atoms with van der Waals surface area (Å²) in [6.07, 6.45) is 2.44. The molecular weight excluding hydrogens is 553 g/mol. The predicted molar refractivity (Wildman–Crippen MR) is 145 cm³/mol. The summed E-state index contributed by atoms with van der Waals surface area (Å²) in [5.41, 5.74) is 7.68. The average molecular weight is 573 g/mol. The first-order valence-corrected chi connectivity index (χ1v) is 12.3. The number of hydrogen-bond acceptors (Lipinski definition) is 6. The molecule has 3 amide bonds. The molecule has 0 fully saturated rings. The molecule has 0 aliphatic heterocycles. The lowest BCUT2D eigenvalue weighted by atomic mass is 10.1. The number of hydrogen-bond donors (Lipinski definition) is 3. The lowest BCUT2D eigenvalue weighted by Crippen LogP contribution is -2.28. The van der Waals surface area contributed by atoms with Crippen LogP contribution in [0.15, 0.2) is 54.9 Å². The van der Waals surface area contributed by atoms with E-state index >= 15 is 0 Å². The minimum Gasteiger partial charge on any atom is -0.370 e. The van der Waals surface area contributed by atoms with Gasteiger partial charge in [0.05, 0.1) is 28.8 Å². The summed E-state index contributed by atoms with van der Waals surface area (Å²) >= 11 is 18.6. The zero-order valence-electron chi connectivity index (χ0n) is 19.8. The Balaban J connectivity index is 1.63. The monoisotopic (exact) mass is 571 g/mol. The molecule has 38 heavy (non-hydrogen) atoms. The van der Waals surface area contributed by atoms with Gasteiger partial charge in [0.15, 0.2) is 11.5 Å². The van der Waals surface area contributed by atoms with Crippen molar-refractivity contribution in [3.8, 4) is 16.9 Å². The number of amides is 3. The van der Waals surface area contributed by atoms with E-state index in [4.69, 9.17) is 40.5 Å². The largest absolute Gasteiger partial charge is 0.370 e. The van der Waals surface area contributed by atoms with Crippen LogP contribution >= 0.6 is 34.8 Å². The van der Waals surface area contributed by atoms with Crippen LogP contribution in [0.5, 0.6) is 0 Å². The Kier molecular flexibility index (Phi) is 8.26. The second kappa shape index (κ2) is 11.6. The van der Waals surface area contributed by atoms with Gasteiger partial charge < -0.3 is 16.4 Å². The Morgan fingerprint density at radius 3 is 2.29 bits per heavy atom. The summed E-state index contributed by atoms with van der Waals surface area (Å²) < 4.78 is 1.57. The number of anilines is 1. The van der Waals surface area contributed by atoms with Gasteiger partial charge in [0, 0.05) is 34.1 Å². The van der Waals surface area contributed by atoms with Crippen molar-refractivity contribution < 1.29 is 14.4 Å². The summed E-state index contributed by atoms with van der Waals surface area (Å²) in [7, 11) is 0. The summed E-state index contributed by atoms with van der Waals surface area (Å²) in [5.74, 6) is -1.51. The topological polar surface area (TPSA) is 145 Å². The highest BCUT2D eigenvalue weighted by Crippen LogP contribution is 2.33. The minimum atomic E-state index is -0.547. The van der Waals surface area contributed by atoms with Gasteiger partial charge in [-0.3, -0.25) is 14.4 Å². The van der Waals surface area contributed by atoms with Crippen LogP contribution in [0, 0.1) is 6.92 Å². The van der Waals surface area contributed by atoms with E-state index in [0.717, 1.165) is 5.56 Å². The van der Waals surface area contributed by atoms with Crippen LogP contribution < -0.4 is 16.4 Å². The highest BCUT2D eigenvalue weighted by molar-refractivity contribution is 6.35. The Bertz CT molecular complexity index is 1520. The number of nitrogens with zero attached hydrogens (tertiary/aromatic N) is 4. The molecule has 2 aromatic heterocycles. The molecule has 0 atom stereocenters. The number of nitrogens with one attached hydrogen (secondary N) is 2. The van der Waals surface area contributed by atoms with Crippen molar-refractivity contribution in [2.45, 2.75) is 13.3 Å². The molecule has 194 valence electrons. The number of carbonyl (C=O) groups is 3. The van der Waals surface area contributed by atoms with Crippen molar-refractivity contribution in [3.05, 3.63) is 86.9 Å². The molecule has 0 aliphatic carbocycles. The molecule has 0 saturated carbocycles. The van der Waals surface area contributed by atoms with E-state index in [1.54, 1.807) is 41.9 Å². The normalized spacial score (nSPS) is 10.7. The fourth-order valence-electron chi connectivity index (χ4n) is 3.56. The summed E-state index contributed by atoms with van der Waals surface area (Å²) in [5, 5.41) is 11.1. The van der Waals surface area contributed by atoms with Crippen molar-refractivity contribution in [2.24, 2.45) is 5.73 Å². The van der Waals surface area contributed by atoms with Crippen LogP contribution in [-0.4, -0.2) is 44.0 Å². The van der Waals surface area contributed by atoms with E-state index in [1.807, 2.05) is 12.1 Å². The number of rotatable bonds is 8. The first kappa shape index (κ1) is 27.1. The third-order valence-corrected chi connectivity index (χ3v) is 6.17. The maximum absolute atomic E-state index is 13.2. The van der Waals surface area contributed by atoms with Gasteiger partial charge in [0.1, 0.15) is 5.69 Å². The minimum absolute atomic E-state index is 0.00144. The molecular formula is C25H20Cl3N7O3. The second-order valence-corrected chi connectivity index (χ2v) is 9.33. The summed E-state index contributed by atoms with van der Waals surface area (Å²) in [6, 6.07) is 12.1. The number of aromatic nitrogens is 4. The standard InChI is InChI=1S/C25H20Cl3N7O3/c1-13-22(25(38)33-21-12-31-18(11-32-21)24(37)30-9-8-20(29)36)34-35(19-7-6-16(27)10-17(19)28)23(13)14-2-4-15(26)5-3-14/h2-7,10-12H,8-9H2,1H3,(H2,29,36)(H,30,37)(H,32,33,38). The predicted octanol–water partition coefficient (Wildman–Crippen LogP) is 4.46. The molecule has 4 N–H and O–H groups in total. The maximum Gasteiger partial charge on any atom is 0.277 e. The molecule has 0 spiro atoms. The van der Waals surface area contributed by atoms with Crippen molar-refractivity contribution in [2.75, 3.05) is 11.9 Å². The van der Waals surface area contributed by atoms with Crippen LogP contribution in [0.2, 0.25) is 15.1 Å². The Labute approximate surface area is 232 Å². The van der Waals surface area contributed by atoms with E-state index in [9.17, 15) is 14.4 Å². The second-order valence-electron chi connectivity index (χ2n) is 8.05. The molecule has 0 bridgehead atoms. The lowest BCUT2D eigenvalue weighted by Gasteiger charge is -2.11. The zero-order valence-corrected chi connectivity index (χ0v) is 22.1. The zero-order chi connectivity index (χ0) is 27.4. The Morgan fingerprint density at radius 1 is 0.947 bits per heavy atom. The van der Waals surface area contributed by atoms with Gasteiger partial charge in [-0.05, 0) is 37.3 Å². The van der Waals surface area contributed by atoms with Gasteiger partial charge in [0.2, 0.25) is 5.91 Å². The fraction of sp³-hybridized carbons (Fsp3) is 0.120.